The minimum atomic E-state index is -0.707. The normalized spacial score (nSPS) is 45.1. The number of rotatable bonds is 3. The van der Waals surface area contributed by atoms with Gasteiger partial charge in [-0.2, -0.15) is 0 Å². The monoisotopic (exact) mass is 268 g/mol. The first kappa shape index (κ1) is 13.1. The van der Waals surface area contributed by atoms with Gasteiger partial charge in [0.15, 0.2) is 0 Å². The van der Waals surface area contributed by atoms with Gasteiger partial charge in [0.1, 0.15) is 12.4 Å². The third kappa shape index (κ3) is 2.82. The molecule has 1 heterocycles. The number of aldehydes is 1. The van der Waals surface area contributed by atoms with Crippen molar-refractivity contribution in [3.05, 3.63) is 0 Å². The standard InChI is InChI=1S/C14H20O5/c15-7-8-1-3-11(10(16)5-8)19-14(17)9-2-4-12-13(6-9)18-12/h7-13,16H,1-6H2. The van der Waals surface area contributed by atoms with Crippen molar-refractivity contribution in [1.82, 2.24) is 0 Å². The van der Waals surface area contributed by atoms with Crippen LogP contribution in [0.25, 0.3) is 0 Å². The fourth-order valence-electron chi connectivity index (χ4n) is 3.28. The van der Waals surface area contributed by atoms with E-state index in [1.54, 1.807) is 0 Å². The zero-order valence-corrected chi connectivity index (χ0v) is 10.9. The Morgan fingerprint density at radius 1 is 1.16 bits per heavy atom. The third-order valence-electron chi connectivity index (χ3n) is 4.59. The van der Waals surface area contributed by atoms with Crippen molar-refractivity contribution in [2.45, 2.75) is 62.9 Å². The first-order valence-electron chi connectivity index (χ1n) is 7.16. The summed E-state index contributed by atoms with van der Waals surface area (Å²) in [6.45, 7) is 0. The lowest BCUT2D eigenvalue weighted by Gasteiger charge is -2.31. The number of aliphatic hydroxyl groups excluding tert-OH is 1. The lowest BCUT2D eigenvalue weighted by molar-refractivity contribution is -0.164. The molecule has 2 saturated carbocycles. The summed E-state index contributed by atoms with van der Waals surface area (Å²) >= 11 is 0. The van der Waals surface area contributed by atoms with Crippen LogP contribution in [0.5, 0.6) is 0 Å². The molecule has 1 N–H and O–H groups in total. The van der Waals surface area contributed by atoms with Crippen LogP contribution in [0.1, 0.15) is 38.5 Å². The molecule has 5 heteroatoms. The lowest BCUT2D eigenvalue weighted by atomic mass is 9.85. The molecule has 2 aliphatic carbocycles. The van der Waals surface area contributed by atoms with E-state index >= 15 is 0 Å². The molecule has 0 amide bonds. The molecule has 0 radical (unpaired) electrons. The molecule has 3 fully saturated rings. The highest BCUT2D eigenvalue weighted by molar-refractivity contribution is 5.73. The van der Waals surface area contributed by atoms with Crippen LogP contribution in [0, 0.1) is 11.8 Å². The van der Waals surface area contributed by atoms with Crippen molar-refractivity contribution in [1.29, 1.82) is 0 Å². The summed E-state index contributed by atoms with van der Waals surface area (Å²) in [7, 11) is 0. The molecule has 1 aliphatic heterocycles. The van der Waals surface area contributed by atoms with Crippen LogP contribution in [0.4, 0.5) is 0 Å². The number of epoxide rings is 1. The third-order valence-corrected chi connectivity index (χ3v) is 4.59. The second-order valence-corrected chi connectivity index (χ2v) is 5.97. The smallest absolute Gasteiger partial charge is 0.309 e. The van der Waals surface area contributed by atoms with Gasteiger partial charge in [-0.05, 0) is 38.5 Å². The van der Waals surface area contributed by atoms with Crippen LogP contribution in [0.15, 0.2) is 0 Å². The molecular formula is C14H20O5. The van der Waals surface area contributed by atoms with Gasteiger partial charge < -0.3 is 19.4 Å². The molecule has 3 rings (SSSR count). The molecule has 106 valence electrons. The van der Waals surface area contributed by atoms with Crippen LogP contribution >= 0.6 is 0 Å². The van der Waals surface area contributed by atoms with Gasteiger partial charge in [0, 0.05) is 5.92 Å². The fourth-order valence-corrected chi connectivity index (χ4v) is 3.28. The molecule has 6 atom stereocenters. The van der Waals surface area contributed by atoms with E-state index in [4.69, 9.17) is 9.47 Å². The lowest BCUT2D eigenvalue weighted by Crippen LogP contribution is -2.39. The number of ether oxygens (including phenoxy) is 2. The first-order valence-corrected chi connectivity index (χ1v) is 7.16. The Bertz CT molecular complexity index is 369. The maximum atomic E-state index is 12.1. The summed E-state index contributed by atoms with van der Waals surface area (Å²) in [6, 6.07) is 0. The Morgan fingerprint density at radius 3 is 2.68 bits per heavy atom. The van der Waals surface area contributed by atoms with Crippen molar-refractivity contribution >= 4 is 12.3 Å². The quantitative estimate of drug-likeness (QED) is 0.466. The molecule has 0 aromatic carbocycles. The largest absolute Gasteiger partial charge is 0.459 e. The van der Waals surface area contributed by atoms with Gasteiger partial charge in [-0.1, -0.05) is 0 Å². The van der Waals surface area contributed by atoms with Gasteiger partial charge >= 0.3 is 5.97 Å². The van der Waals surface area contributed by atoms with Crippen molar-refractivity contribution in [2.75, 3.05) is 0 Å². The highest BCUT2D eigenvalue weighted by atomic mass is 16.6. The summed E-state index contributed by atoms with van der Waals surface area (Å²) < 4.78 is 10.8. The van der Waals surface area contributed by atoms with E-state index in [9.17, 15) is 14.7 Å². The Kier molecular flexibility index (Phi) is 3.58. The Hall–Kier alpha value is -0.940. The van der Waals surface area contributed by atoms with Crippen molar-refractivity contribution in [3.8, 4) is 0 Å². The maximum absolute atomic E-state index is 12.1. The summed E-state index contributed by atoms with van der Waals surface area (Å²) in [5.41, 5.74) is 0. The van der Waals surface area contributed by atoms with Gasteiger partial charge in [-0.15, -0.1) is 0 Å². The molecular weight excluding hydrogens is 248 g/mol. The van der Waals surface area contributed by atoms with E-state index in [1.165, 1.54) is 0 Å². The van der Waals surface area contributed by atoms with Crippen LogP contribution in [-0.2, 0) is 19.1 Å². The highest BCUT2D eigenvalue weighted by Gasteiger charge is 2.46. The Morgan fingerprint density at radius 2 is 2.00 bits per heavy atom. The molecule has 19 heavy (non-hydrogen) atoms. The summed E-state index contributed by atoms with van der Waals surface area (Å²) in [5, 5.41) is 9.92. The van der Waals surface area contributed by atoms with Gasteiger partial charge in [-0.3, -0.25) is 4.79 Å². The van der Waals surface area contributed by atoms with E-state index in [1.807, 2.05) is 0 Å². The average Bonchev–Trinajstić information content (AvgIpc) is 3.19. The predicted molar refractivity (Wildman–Crippen MR) is 65.3 cm³/mol. The second kappa shape index (κ2) is 5.21. The summed E-state index contributed by atoms with van der Waals surface area (Å²) in [5.74, 6) is -0.387. The van der Waals surface area contributed by atoms with Crippen LogP contribution in [-0.4, -0.2) is 41.8 Å². The molecule has 0 spiro atoms. The zero-order chi connectivity index (χ0) is 13.4. The van der Waals surface area contributed by atoms with Crippen molar-refractivity contribution in [3.63, 3.8) is 0 Å². The van der Waals surface area contributed by atoms with Crippen LogP contribution < -0.4 is 0 Å². The van der Waals surface area contributed by atoms with E-state index in [-0.39, 0.29) is 23.9 Å². The van der Waals surface area contributed by atoms with E-state index in [0.29, 0.717) is 25.4 Å². The van der Waals surface area contributed by atoms with E-state index in [2.05, 4.69) is 0 Å². The number of carbonyl (C=O) groups excluding carboxylic acids is 2. The number of hydrogen-bond acceptors (Lipinski definition) is 5. The highest BCUT2D eigenvalue weighted by Crippen LogP contribution is 2.40. The summed E-state index contributed by atoms with van der Waals surface area (Å²) in [4.78, 5) is 22.8. The van der Waals surface area contributed by atoms with Crippen LogP contribution in [0.2, 0.25) is 0 Å². The van der Waals surface area contributed by atoms with Crippen molar-refractivity contribution in [2.24, 2.45) is 11.8 Å². The molecule has 0 aromatic rings. The number of aliphatic hydroxyl groups is 1. The fraction of sp³-hybridized carbons (Fsp3) is 0.857. The molecule has 0 aromatic heterocycles. The van der Waals surface area contributed by atoms with Crippen LogP contribution in [0.3, 0.4) is 0 Å². The zero-order valence-electron chi connectivity index (χ0n) is 10.9. The summed E-state index contributed by atoms with van der Waals surface area (Å²) in [6.07, 6.45) is 4.53. The van der Waals surface area contributed by atoms with E-state index < -0.39 is 12.2 Å². The Labute approximate surface area is 112 Å². The minimum absolute atomic E-state index is 0.0836. The molecule has 1 saturated heterocycles. The Balaban J connectivity index is 1.50. The van der Waals surface area contributed by atoms with Gasteiger partial charge in [0.25, 0.3) is 0 Å². The molecule has 3 aliphatic rings. The van der Waals surface area contributed by atoms with Gasteiger partial charge in [-0.25, -0.2) is 0 Å². The number of esters is 1. The van der Waals surface area contributed by atoms with Gasteiger partial charge in [0.2, 0.25) is 0 Å². The average molecular weight is 268 g/mol. The molecule has 5 nitrogen and oxygen atoms in total. The predicted octanol–water partition coefficient (Wildman–Crippen LogP) is 0.826. The second-order valence-electron chi connectivity index (χ2n) is 5.97. The number of carbonyl (C=O) groups is 2. The van der Waals surface area contributed by atoms with Crippen molar-refractivity contribution < 1.29 is 24.2 Å². The number of fused-ring (bicyclic) bond motifs is 1. The molecule has 0 bridgehead atoms. The maximum Gasteiger partial charge on any atom is 0.309 e. The minimum Gasteiger partial charge on any atom is -0.459 e. The van der Waals surface area contributed by atoms with Gasteiger partial charge in [0.05, 0.1) is 24.2 Å². The molecule has 6 unspecified atom stereocenters. The topological polar surface area (TPSA) is 76.1 Å². The first-order chi connectivity index (χ1) is 9.17. The SMILES string of the molecule is O=CC1CCC(OC(=O)C2CCC3OC3C2)C(O)C1. The van der Waals surface area contributed by atoms with E-state index in [0.717, 1.165) is 25.5 Å². The number of hydrogen-bond donors (Lipinski definition) is 1.